The Labute approximate surface area is 166 Å². The molecule has 28 heavy (non-hydrogen) atoms. The summed E-state index contributed by atoms with van der Waals surface area (Å²) in [7, 11) is 3.51. The summed E-state index contributed by atoms with van der Waals surface area (Å²) in [4.78, 5) is 14.7. The van der Waals surface area contributed by atoms with Crippen LogP contribution in [0.4, 0.5) is 0 Å². The molecule has 146 valence electrons. The Kier molecular flexibility index (Phi) is 6.19. The molecule has 0 aliphatic heterocycles. The first-order valence-corrected chi connectivity index (χ1v) is 9.56. The van der Waals surface area contributed by atoms with E-state index < -0.39 is 0 Å². The fourth-order valence-electron chi connectivity index (χ4n) is 3.32. The maximum absolute atomic E-state index is 12.9. The topological polar surface area (TPSA) is 38.8 Å². The number of nitrogens with zero attached hydrogens (tertiary/aromatic N) is 1. The first-order valence-electron chi connectivity index (χ1n) is 9.56. The van der Waals surface area contributed by atoms with E-state index >= 15 is 0 Å². The second kappa shape index (κ2) is 8.79. The van der Waals surface area contributed by atoms with Gasteiger partial charge in [0.05, 0.1) is 19.6 Å². The molecular formula is C24H27NO3. The molecule has 0 radical (unpaired) electrons. The summed E-state index contributed by atoms with van der Waals surface area (Å²) in [6.45, 7) is 5.14. The lowest BCUT2D eigenvalue weighted by atomic mass is 9.96. The van der Waals surface area contributed by atoms with Crippen molar-refractivity contribution in [3.05, 3.63) is 71.8 Å². The summed E-state index contributed by atoms with van der Waals surface area (Å²) in [5, 5.41) is 2.21. The highest BCUT2D eigenvalue weighted by molar-refractivity contribution is 5.88. The molecule has 0 aliphatic rings. The van der Waals surface area contributed by atoms with Crippen LogP contribution < -0.4 is 9.47 Å². The van der Waals surface area contributed by atoms with Crippen LogP contribution >= 0.6 is 0 Å². The highest BCUT2D eigenvalue weighted by atomic mass is 16.5. The van der Waals surface area contributed by atoms with Crippen molar-refractivity contribution in [3.63, 3.8) is 0 Å². The van der Waals surface area contributed by atoms with Gasteiger partial charge in [0.15, 0.2) is 0 Å². The summed E-state index contributed by atoms with van der Waals surface area (Å²) in [6.07, 6.45) is 0. The van der Waals surface area contributed by atoms with Gasteiger partial charge in [-0.25, -0.2) is 0 Å². The van der Waals surface area contributed by atoms with Gasteiger partial charge in [0.1, 0.15) is 11.5 Å². The van der Waals surface area contributed by atoms with Gasteiger partial charge in [-0.3, -0.25) is 4.79 Å². The number of ether oxygens (including phenoxy) is 2. The van der Waals surface area contributed by atoms with Gasteiger partial charge in [-0.2, -0.15) is 0 Å². The van der Waals surface area contributed by atoms with Gasteiger partial charge in [0, 0.05) is 13.6 Å². The van der Waals surface area contributed by atoms with Crippen molar-refractivity contribution in [3.8, 4) is 11.5 Å². The van der Waals surface area contributed by atoms with E-state index in [2.05, 4.69) is 6.07 Å². The Morgan fingerprint density at radius 1 is 0.964 bits per heavy atom. The number of hydrogen-bond acceptors (Lipinski definition) is 3. The Morgan fingerprint density at radius 2 is 1.61 bits per heavy atom. The minimum absolute atomic E-state index is 0.0988. The number of fused-ring (bicyclic) bond motifs is 1. The molecule has 0 aromatic heterocycles. The lowest BCUT2D eigenvalue weighted by molar-refractivity contribution is -0.131. The molecule has 3 aromatic carbocycles. The minimum atomic E-state index is -0.209. The van der Waals surface area contributed by atoms with Crippen molar-refractivity contribution >= 4 is 16.7 Å². The number of rotatable bonds is 7. The fraction of sp³-hybridized carbons (Fsp3) is 0.292. The second-order valence-electron chi connectivity index (χ2n) is 6.97. The second-order valence-corrected chi connectivity index (χ2v) is 6.97. The Balaban J connectivity index is 1.71. The molecule has 4 nitrogen and oxygen atoms in total. The molecule has 1 atom stereocenters. The average molecular weight is 377 g/mol. The molecule has 0 unspecified atom stereocenters. The number of methoxy groups -OCH3 is 1. The number of carbonyl (C=O) groups excluding carboxylic acids is 1. The molecule has 0 spiro atoms. The van der Waals surface area contributed by atoms with Gasteiger partial charge in [-0.15, -0.1) is 0 Å². The normalized spacial score (nSPS) is 11.9. The van der Waals surface area contributed by atoms with Crippen LogP contribution in [0, 0.1) is 0 Å². The van der Waals surface area contributed by atoms with E-state index in [1.807, 2.05) is 75.5 Å². The third-order valence-corrected chi connectivity index (χ3v) is 4.97. The summed E-state index contributed by atoms with van der Waals surface area (Å²) in [6, 6.07) is 20.0. The molecule has 3 rings (SSSR count). The highest BCUT2D eigenvalue weighted by Gasteiger charge is 2.20. The van der Waals surface area contributed by atoms with Gasteiger partial charge >= 0.3 is 0 Å². The average Bonchev–Trinajstić information content (AvgIpc) is 2.73. The van der Waals surface area contributed by atoms with E-state index in [-0.39, 0.29) is 11.8 Å². The predicted octanol–water partition coefficient (Wildman–Crippen LogP) is 5.01. The van der Waals surface area contributed by atoms with Gasteiger partial charge in [-0.1, -0.05) is 36.4 Å². The number of hydrogen-bond donors (Lipinski definition) is 0. The Hall–Kier alpha value is -3.01. The molecule has 0 saturated carbocycles. The van der Waals surface area contributed by atoms with Crippen LogP contribution in [0.3, 0.4) is 0 Å². The molecule has 0 heterocycles. The molecule has 0 bridgehead atoms. The zero-order chi connectivity index (χ0) is 20.1. The monoisotopic (exact) mass is 377 g/mol. The van der Waals surface area contributed by atoms with E-state index in [4.69, 9.17) is 9.47 Å². The number of carbonyl (C=O) groups is 1. The van der Waals surface area contributed by atoms with Gasteiger partial charge in [0.2, 0.25) is 5.91 Å². The largest absolute Gasteiger partial charge is 0.497 e. The molecule has 0 N–H and O–H groups in total. The van der Waals surface area contributed by atoms with Crippen molar-refractivity contribution in [2.45, 2.75) is 26.3 Å². The van der Waals surface area contributed by atoms with Gasteiger partial charge < -0.3 is 14.4 Å². The molecule has 1 amide bonds. The molecule has 0 aliphatic carbocycles. The lowest BCUT2D eigenvalue weighted by Crippen LogP contribution is -2.30. The fourth-order valence-corrected chi connectivity index (χ4v) is 3.32. The first-order chi connectivity index (χ1) is 13.5. The SMILES string of the molecule is CCOc1ccc(CN(C)C(=O)[C@@H](C)c2ccc3cc(OC)ccc3c2)cc1. The van der Waals surface area contributed by atoms with Crippen LogP contribution in [-0.4, -0.2) is 31.6 Å². The van der Waals surface area contributed by atoms with E-state index in [9.17, 15) is 4.79 Å². The first kappa shape index (κ1) is 19.7. The zero-order valence-electron chi connectivity index (χ0n) is 16.9. The maximum Gasteiger partial charge on any atom is 0.229 e. The molecule has 4 heteroatoms. The summed E-state index contributed by atoms with van der Waals surface area (Å²) < 4.78 is 10.7. The van der Waals surface area contributed by atoms with Gasteiger partial charge in [-0.05, 0) is 60.0 Å². The quantitative estimate of drug-likeness (QED) is 0.581. The zero-order valence-corrected chi connectivity index (χ0v) is 16.9. The molecule has 3 aromatic rings. The Bertz CT molecular complexity index is 950. The van der Waals surface area contributed by atoms with Crippen molar-refractivity contribution in [2.24, 2.45) is 0 Å². The van der Waals surface area contributed by atoms with E-state index in [0.29, 0.717) is 13.2 Å². The van der Waals surface area contributed by atoms with E-state index in [1.54, 1.807) is 12.0 Å². The summed E-state index contributed by atoms with van der Waals surface area (Å²) in [5.74, 6) is 1.57. The summed E-state index contributed by atoms with van der Waals surface area (Å²) in [5.41, 5.74) is 2.10. The maximum atomic E-state index is 12.9. The smallest absolute Gasteiger partial charge is 0.229 e. The number of likely N-dealkylation sites (N-methyl/N-ethyl adjacent to an activating group) is 1. The molecule has 0 saturated heterocycles. The molecule has 0 fully saturated rings. The lowest BCUT2D eigenvalue weighted by Gasteiger charge is -2.22. The van der Waals surface area contributed by atoms with Crippen LogP contribution in [0.25, 0.3) is 10.8 Å². The van der Waals surface area contributed by atoms with Crippen molar-refractivity contribution in [1.82, 2.24) is 4.90 Å². The van der Waals surface area contributed by atoms with Crippen LogP contribution in [0.5, 0.6) is 11.5 Å². The highest BCUT2D eigenvalue weighted by Crippen LogP contribution is 2.26. The Morgan fingerprint density at radius 3 is 2.29 bits per heavy atom. The number of benzene rings is 3. The standard InChI is InChI=1S/C24H27NO3/c1-5-28-22-11-6-18(7-12-22)16-25(3)24(26)17(2)19-8-9-21-15-23(27-4)13-10-20(21)14-19/h6-15,17H,5,16H2,1-4H3/t17-/m0/s1. The van der Waals surface area contributed by atoms with Gasteiger partial charge in [0.25, 0.3) is 0 Å². The van der Waals surface area contributed by atoms with Crippen LogP contribution in [0.15, 0.2) is 60.7 Å². The van der Waals surface area contributed by atoms with Crippen LogP contribution in [0.2, 0.25) is 0 Å². The molecular weight excluding hydrogens is 350 g/mol. The minimum Gasteiger partial charge on any atom is -0.497 e. The van der Waals surface area contributed by atoms with Crippen molar-refractivity contribution in [1.29, 1.82) is 0 Å². The van der Waals surface area contributed by atoms with E-state index in [1.165, 1.54) is 0 Å². The van der Waals surface area contributed by atoms with Crippen molar-refractivity contribution in [2.75, 3.05) is 20.8 Å². The van der Waals surface area contributed by atoms with E-state index in [0.717, 1.165) is 33.4 Å². The number of amides is 1. The third-order valence-electron chi connectivity index (χ3n) is 4.97. The predicted molar refractivity (Wildman–Crippen MR) is 113 cm³/mol. The van der Waals surface area contributed by atoms with Crippen LogP contribution in [-0.2, 0) is 11.3 Å². The summed E-state index contributed by atoms with van der Waals surface area (Å²) >= 11 is 0. The van der Waals surface area contributed by atoms with Crippen molar-refractivity contribution < 1.29 is 14.3 Å². The third kappa shape index (κ3) is 4.45. The van der Waals surface area contributed by atoms with Crippen LogP contribution in [0.1, 0.15) is 30.9 Å².